The number of carbonyl (C=O) groups is 1. The number of carboxylic acid groups (broad SMARTS) is 1. The van der Waals surface area contributed by atoms with Crippen LogP contribution in [0.3, 0.4) is 0 Å². The van der Waals surface area contributed by atoms with Gasteiger partial charge in [-0.3, -0.25) is 5.10 Å². The Labute approximate surface area is 78.8 Å². The Morgan fingerprint density at radius 1 is 1.82 bits per heavy atom. The highest BCUT2D eigenvalue weighted by Crippen LogP contribution is 2.32. The van der Waals surface area contributed by atoms with Crippen molar-refractivity contribution >= 4 is 50.4 Å². The molecule has 60 valence electrons. The summed E-state index contributed by atoms with van der Waals surface area (Å²) in [6, 6.07) is 0. The minimum Gasteiger partial charge on any atom is -0.473 e. The molecule has 1 heterocycles. The van der Waals surface area contributed by atoms with Gasteiger partial charge < -0.3 is 5.11 Å². The first-order valence-electron chi connectivity index (χ1n) is 2.31. The van der Waals surface area contributed by atoms with Crippen LogP contribution in [0.25, 0.3) is 0 Å². The quantitative estimate of drug-likeness (QED) is 0.597. The highest BCUT2D eigenvalue weighted by atomic mass is 33.1. The summed E-state index contributed by atoms with van der Waals surface area (Å²) < 4.78 is 1.18. The van der Waals surface area contributed by atoms with E-state index < -0.39 is 5.30 Å². The third-order valence-electron chi connectivity index (χ3n) is 0.603. The van der Waals surface area contributed by atoms with Crippen molar-refractivity contribution in [3.8, 4) is 0 Å². The lowest BCUT2D eigenvalue weighted by atomic mass is 11.6. The molecule has 4 nitrogen and oxygen atoms in total. The molecule has 0 spiro atoms. The van der Waals surface area contributed by atoms with Crippen LogP contribution in [0.5, 0.6) is 0 Å². The zero-order valence-electron chi connectivity index (χ0n) is 4.94. The van der Waals surface area contributed by atoms with Gasteiger partial charge in [-0.25, -0.2) is 4.79 Å². The summed E-state index contributed by atoms with van der Waals surface area (Å²) in [5, 5.41) is 13.6. The zero-order valence-corrected chi connectivity index (χ0v) is 8.20. The van der Waals surface area contributed by atoms with Crippen molar-refractivity contribution in [1.82, 2.24) is 10.2 Å². The molecular formula is C3H2N2O2S4. The van der Waals surface area contributed by atoms with Gasteiger partial charge in [0.2, 0.25) is 0 Å². The summed E-state index contributed by atoms with van der Waals surface area (Å²) in [6.07, 6.45) is 0. The van der Waals surface area contributed by atoms with Crippen molar-refractivity contribution in [2.45, 2.75) is 4.34 Å². The van der Waals surface area contributed by atoms with E-state index >= 15 is 0 Å². The summed E-state index contributed by atoms with van der Waals surface area (Å²) in [4.78, 5) is 10.1. The van der Waals surface area contributed by atoms with Gasteiger partial charge in [0.05, 0.1) is 0 Å². The van der Waals surface area contributed by atoms with Gasteiger partial charge in [-0.2, -0.15) is 5.10 Å². The first-order chi connectivity index (χ1) is 5.18. The normalized spacial score (nSPS) is 9.82. The molecule has 1 aromatic heterocycles. The maximum atomic E-state index is 10.1. The molecule has 0 aliphatic heterocycles. The average Bonchev–Trinajstić information content (AvgIpc) is 2.31. The van der Waals surface area contributed by atoms with E-state index in [2.05, 4.69) is 10.2 Å². The predicted molar refractivity (Wildman–Crippen MR) is 48.8 cm³/mol. The maximum absolute atomic E-state index is 10.1. The molecule has 2 N–H and O–H groups in total. The van der Waals surface area contributed by atoms with Crippen LogP contribution >= 0.6 is 45.1 Å². The molecule has 1 aromatic rings. The van der Waals surface area contributed by atoms with E-state index in [1.807, 2.05) is 0 Å². The fraction of sp³-hybridized carbons (Fsp3) is 0. The SMILES string of the molecule is O=C(O)SSc1n[nH]c(=S)s1. The molecule has 0 saturated heterocycles. The topological polar surface area (TPSA) is 66.0 Å². The van der Waals surface area contributed by atoms with Gasteiger partial charge in [0.15, 0.2) is 8.29 Å². The number of hydrogen-bond donors (Lipinski definition) is 2. The Bertz CT molecular complexity index is 304. The fourth-order valence-electron chi connectivity index (χ4n) is 0.323. The third kappa shape index (κ3) is 3.23. The first-order valence-corrected chi connectivity index (χ1v) is 5.69. The molecular weight excluding hydrogens is 224 g/mol. The second-order valence-electron chi connectivity index (χ2n) is 1.31. The number of aromatic nitrogens is 2. The number of H-pyrrole nitrogens is 1. The van der Waals surface area contributed by atoms with E-state index in [0.717, 1.165) is 10.8 Å². The third-order valence-corrected chi connectivity index (χ3v) is 3.91. The van der Waals surface area contributed by atoms with Crippen LogP contribution in [-0.2, 0) is 0 Å². The zero-order chi connectivity index (χ0) is 8.27. The van der Waals surface area contributed by atoms with Gasteiger partial charge in [-0.05, 0) is 23.0 Å². The number of nitrogens with one attached hydrogen (secondary N) is 1. The van der Waals surface area contributed by atoms with Gasteiger partial charge in [0.1, 0.15) is 0 Å². The van der Waals surface area contributed by atoms with Crippen LogP contribution in [0.1, 0.15) is 0 Å². The van der Waals surface area contributed by atoms with Crippen molar-refractivity contribution in [2.75, 3.05) is 0 Å². The maximum Gasteiger partial charge on any atom is 0.376 e. The summed E-state index contributed by atoms with van der Waals surface area (Å²) in [6.45, 7) is 0. The molecule has 11 heavy (non-hydrogen) atoms. The predicted octanol–water partition coefficient (Wildman–Crippen LogP) is 2.62. The molecule has 0 amide bonds. The Morgan fingerprint density at radius 3 is 3.00 bits per heavy atom. The minimum atomic E-state index is -0.934. The summed E-state index contributed by atoms with van der Waals surface area (Å²) in [5.41, 5.74) is 0. The standard InChI is InChI=1S/C3H2N2O2S4/c6-3(7)11-10-2-5-4-1(8)9-2/h(H,4,8)(H,6,7). The summed E-state index contributed by atoms with van der Waals surface area (Å²) >= 11 is 6.00. The Balaban J connectivity index is 2.51. The van der Waals surface area contributed by atoms with Crippen LogP contribution in [0, 0.1) is 3.95 Å². The molecule has 0 atom stereocenters. The van der Waals surface area contributed by atoms with Crippen molar-refractivity contribution in [2.24, 2.45) is 0 Å². The largest absolute Gasteiger partial charge is 0.473 e. The van der Waals surface area contributed by atoms with Crippen LogP contribution in [0.15, 0.2) is 4.34 Å². The molecule has 0 aliphatic carbocycles. The molecule has 0 radical (unpaired) electrons. The lowest BCUT2D eigenvalue weighted by Gasteiger charge is -1.85. The molecule has 0 fully saturated rings. The molecule has 0 bridgehead atoms. The van der Waals surface area contributed by atoms with E-state index in [0.29, 0.717) is 19.1 Å². The van der Waals surface area contributed by atoms with Gasteiger partial charge in [0, 0.05) is 10.8 Å². The molecule has 0 unspecified atom stereocenters. The highest BCUT2D eigenvalue weighted by Gasteiger charge is 2.03. The number of aromatic amines is 1. The van der Waals surface area contributed by atoms with E-state index in [-0.39, 0.29) is 0 Å². The molecule has 0 saturated carbocycles. The minimum absolute atomic E-state index is 0.554. The lowest BCUT2D eigenvalue weighted by molar-refractivity contribution is 0.222. The second kappa shape index (κ2) is 4.10. The second-order valence-corrected chi connectivity index (χ2v) is 5.31. The Hall–Kier alpha value is -0.0500. The number of rotatable bonds is 2. The Morgan fingerprint density at radius 2 is 2.55 bits per heavy atom. The van der Waals surface area contributed by atoms with Crippen LogP contribution in [0.4, 0.5) is 4.79 Å². The van der Waals surface area contributed by atoms with Crippen molar-refractivity contribution in [3.63, 3.8) is 0 Å². The molecule has 0 aliphatic rings. The van der Waals surface area contributed by atoms with Crippen molar-refractivity contribution in [1.29, 1.82) is 0 Å². The van der Waals surface area contributed by atoms with Crippen LogP contribution in [0.2, 0.25) is 0 Å². The molecule has 0 aromatic carbocycles. The van der Waals surface area contributed by atoms with E-state index in [1.54, 1.807) is 0 Å². The Kier molecular flexibility index (Phi) is 3.37. The monoisotopic (exact) mass is 226 g/mol. The smallest absolute Gasteiger partial charge is 0.376 e. The van der Waals surface area contributed by atoms with E-state index in [9.17, 15) is 4.79 Å². The number of hydrogen-bond acceptors (Lipinski definition) is 6. The highest BCUT2D eigenvalue weighted by molar-refractivity contribution is 8.82. The molecule has 8 heteroatoms. The average molecular weight is 226 g/mol. The van der Waals surface area contributed by atoms with E-state index in [1.165, 1.54) is 11.3 Å². The van der Waals surface area contributed by atoms with Gasteiger partial charge in [-0.1, -0.05) is 11.3 Å². The lowest BCUT2D eigenvalue weighted by Crippen LogP contribution is -1.77. The van der Waals surface area contributed by atoms with Crippen molar-refractivity contribution < 1.29 is 9.90 Å². The summed E-state index contributed by atoms with van der Waals surface area (Å²) in [5.74, 6) is 0. The first kappa shape index (κ1) is 9.04. The fourth-order valence-corrected chi connectivity index (χ4v) is 2.87. The summed E-state index contributed by atoms with van der Waals surface area (Å²) in [7, 11) is 1.79. The van der Waals surface area contributed by atoms with E-state index in [4.69, 9.17) is 17.3 Å². The van der Waals surface area contributed by atoms with Gasteiger partial charge >= 0.3 is 5.30 Å². The number of nitrogens with zero attached hydrogens (tertiary/aromatic N) is 1. The van der Waals surface area contributed by atoms with Gasteiger partial charge in [0.25, 0.3) is 0 Å². The van der Waals surface area contributed by atoms with Gasteiger partial charge in [-0.15, -0.1) is 0 Å². The molecule has 1 rings (SSSR count). The van der Waals surface area contributed by atoms with Crippen molar-refractivity contribution in [3.05, 3.63) is 3.95 Å². The van der Waals surface area contributed by atoms with Crippen LogP contribution in [-0.4, -0.2) is 20.6 Å². The van der Waals surface area contributed by atoms with Crippen LogP contribution < -0.4 is 0 Å².